The number of amides is 1. The number of nitrogens with zero attached hydrogens (tertiary/aromatic N) is 5. The molecule has 1 aliphatic rings. The number of carbonyl (C=O) groups is 1. The van der Waals surface area contributed by atoms with Gasteiger partial charge < -0.3 is 20.0 Å². The van der Waals surface area contributed by atoms with Crippen LogP contribution in [0.25, 0.3) is 11.5 Å². The fourth-order valence-electron chi connectivity index (χ4n) is 4.47. The summed E-state index contributed by atoms with van der Waals surface area (Å²) in [7, 11) is 3.40. The van der Waals surface area contributed by atoms with E-state index >= 15 is 0 Å². The molecule has 198 valence electrons. The molecule has 1 aliphatic heterocycles. The van der Waals surface area contributed by atoms with Crippen LogP contribution >= 0.6 is 0 Å². The highest BCUT2D eigenvalue weighted by Gasteiger charge is 2.26. The van der Waals surface area contributed by atoms with Gasteiger partial charge in [-0.15, -0.1) is 5.10 Å². The van der Waals surface area contributed by atoms with Crippen LogP contribution in [0.3, 0.4) is 0 Å². The monoisotopic (exact) mass is 507 g/mol. The number of aryl methyl sites for hydroxylation is 2. The van der Waals surface area contributed by atoms with Crippen LogP contribution in [-0.2, 0) is 24.9 Å². The molecule has 1 aromatic heterocycles. The lowest BCUT2D eigenvalue weighted by molar-refractivity contribution is -0.145. The Hall–Kier alpha value is -3.47. The number of hydrazine groups is 1. The number of carbonyl (C=O) groups excluding carboxylic acids is 1. The first kappa shape index (κ1) is 26.6. The first-order valence-electron chi connectivity index (χ1n) is 12.8. The number of rotatable bonds is 12. The number of hydrogen-bond donors (Lipinski definition) is 2. The van der Waals surface area contributed by atoms with Gasteiger partial charge in [0, 0.05) is 64.6 Å². The Kier molecular flexibility index (Phi) is 8.75. The van der Waals surface area contributed by atoms with Crippen LogP contribution in [0.15, 0.2) is 51.7 Å². The van der Waals surface area contributed by atoms with E-state index in [-0.39, 0.29) is 18.3 Å². The standard InChI is InChI=1S/C27H37N7O3/c1-5-28-12-13-29-14-15-33(19-25(35)32(4)34-17-22-8-6-7-9-23(22)18-34)24-16-21(11-10-20(24)2)26-30-31(3)27(36)37-26/h6-11,16,28-29H,5,12-15,17-19H2,1-4H3. The Morgan fingerprint density at radius 3 is 2.43 bits per heavy atom. The summed E-state index contributed by atoms with van der Waals surface area (Å²) in [6, 6.07) is 14.1. The molecule has 0 aliphatic carbocycles. The van der Waals surface area contributed by atoms with E-state index in [9.17, 15) is 9.59 Å². The van der Waals surface area contributed by atoms with E-state index in [4.69, 9.17) is 4.42 Å². The number of fused-ring (bicyclic) bond motifs is 1. The van der Waals surface area contributed by atoms with Crippen LogP contribution in [0.4, 0.5) is 5.69 Å². The van der Waals surface area contributed by atoms with Gasteiger partial charge in [0.2, 0.25) is 5.89 Å². The topological polar surface area (TPSA) is 98.9 Å². The Morgan fingerprint density at radius 1 is 1.08 bits per heavy atom. The minimum Gasteiger partial charge on any atom is -0.388 e. The summed E-state index contributed by atoms with van der Waals surface area (Å²) in [6.45, 7) is 9.80. The molecule has 0 saturated heterocycles. The molecule has 0 fully saturated rings. The first-order chi connectivity index (χ1) is 17.9. The van der Waals surface area contributed by atoms with Crippen LogP contribution in [0, 0.1) is 6.92 Å². The third kappa shape index (κ3) is 6.46. The molecule has 2 N–H and O–H groups in total. The van der Waals surface area contributed by atoms with Crippen LogP contribution in [-0.4, -0.2) is 72.0 Å². The fraction of sp³-hybridized carbons (Fsp3) is 0.444. The normalized spacial score (nSPS) is 13.1. The van der Waals surface area contributed by atoms with Crippen molar-refractivity contribution in [1.29, 1.82) is 0 Å². The molecule has 0 radical (unpaired) electrons. The summed E-state index contributed by atoms with van der Waals surface area (Å²) in [5.74, 6) is -0.243. The zero-order chi connectivity index (χ0) is 26.4. The van der Waals surface area contributed by atoms with E-state index in [1.165, 1.54) is 15.8 Å². The van der Waals surface area contributed by atoms with E-state index in [2.05, 4.69) is 44.7 Å². The lowest BCUT2D eigenvalue weighted by atomic mass is 10.1. The minimum atomic E-state index is -0.512. The van der Waals surface area contributed by atoms with Gasteiger partial charge in [0.05, 0.1) is 6.54 Å². The van der Waals surface area contributed by atoms with E-state index in [1.54, 1.807) is 12.1 Å². The SMILES string of the molecule is CCNCCNCCN(CC(=O)N(C)N1Cc2ccccc2C1)c1cc(-c2nn(C)c(=O)o2)ccc1C. The first-order valence-corrected chi connectivity index (χ1v) is 12.8. The number of benzene rings is 2. The molecular weight excluding hydrogens is 470 g/mol. The zero-order valence-electron chi connectivity index (χ0n) is 22.2. The Labute approximate surface area is 217 Å². The molecular formula is C27H37N7O3. The van der Waals surface area contributed by atoms with Gasteiger partial charge in [-0.25, -0.2) is 9.80 Å². The van der Waals surface area contributed by atoms with Crippen LogP contribution in [0.2, 0.25) is 0 Å². The molecule has 0 bridgehead atoms. The van der Waals surface area contributed by atoms with Crippen molar-refractivity contribution in [3.63, 3.8) is 0 Å². The summed E-state index contributed by atoms with van der Waals surface area (Å²) >= 11 is 0. The summed E-state index contributed by atoms with van der Waals surface area (Å²) in [5, 5.41) is 14.8. The van der Waals surface area contributed by atoms with Crippen molar-refractivity contribution < 1.29 is 9.21 Å². The molecule has 0 spiro atoms. The van der Waals surface area contributed by atoms with Gasteiger partial charge in [-0.05, 0) is 42.3 Å². The second kappa shape index (κ2) is 12.2. The molecule has 10 heteroatoms. The molecule has 37 heavy (non-hydrogen) atoms. The van der Waals surface area contributed by atoms with Crippen molar-refractivity contribution in [3.8, 4) is 11.5 Å². The molecule has 1 amide bonds. The average molecular weight is 508 g/mol. The number of nitrogens with one attached hydrogen (secondary N) is 2. The molecule has 3 aromatic rings. The number of hydrogen-bond acceptors (Lipinski definition) is 8. The zero-order valence-corrected chi connectivity index (χ0v) is 22.2. The average Bonchev–Trinajstić information content (AvgIpc) is 3.48. The van der Waals surface area contributed by atoms with Gasteiger partial charge >= 0.3 is 5.76 Å². The van der Waals surface area contributed by atoms with Gasteiger partial charge in [0.15, 0.2) is 0 Å². The highest BCUT2D eigenvalue weighted by atomic mass is 16.4. The van der Waals surface area contributed by atoms with Crippen molar-refractivity contribution in [2.45, 2.75) is 26.9 Å². The van der Waals surface area contributed by atoms with E-state index in [0.717, 1.165) is 50.5 Å². The predicted molar refractivity (Wildman–Crippen MR) is 144 cm³/mol. The summed E-state index contributed by atoms with van der Waals surface area (Å²) < 4.78 is 6.48. The maximum atomic E-state index is 13.5. The van der Waals surface area contributed by atoms with Crippen molar-refractivity contribution in [1.82, 2.24) is 30.4 Å². The van der Waals surface area contributed by atoms with E-state index in [0.29, 0.717) is 12.1 Å². The second-order valence-electron chi connectivity index (χ2n) is 9.33. The molecule has 0 saturated carbocycles. The van der Waals surface area contributed by atoms with Crippen LogP contribution < -0.4 is 21.3 Å². The number of anilines is 1. The van der Waals surface area contributed by atoms with Gasteiger partial charge in [0.25, 0.3) is 5.91 Å². The molecule has 0 unspecified atom stereocenters. The summed E-state index contributed by atoms with van der Waals surface area (Å²) in [6.07, 6.45) is 0. The van der Waals surface area contributed by atoms with Crippen molar-refractivity contribution in [3.05, 3.63) is 69.7 Å². The van der Waals surface area contributed by atoms with Gasteiger partial charge in [-0.3, -0.25) is 9.80 Å². The smallest absolute Gasteiger partial charge is 0.388 e. The highest BCUT2D eigenvalue weighted by molar-refractivity contribution is 5.82. The van der Waals surface area contributed by atoms with E-state index < -0.39 is 5.76 Å². The lowest BCUT2D eigenvalue weighted by Gasteiger charge is -2.32. The Balaban J connectivity index is 1.51. The molecule has 2 heterocycles. The lowest BCUT2D eigenvalue weighted by Crippen LogP contribution is -2.47. The Morgan fingerprint density at radius 2 is 1.78 bits per heavy atom. The minimum absolute atomic E-state index is 0.00891. The Bertz CT molecular complexity index is 1240. The highest BCUT2D eigenvalue weighted by Crippen LogP contribution is 2.27. The summed E-state index contributed by atoms with van der Waals surface area (Å²) in [4.78, 5) is 27.4. The van der Waals surface area contributed by atoms with Crippen molar-refractivity contribution >= 4 is 11.6 Å². The fourth-order valence-corrected chi connectivity index (χ4v) is 4.47. The molecule has 4 rings (SSSR count). The quantitative estimate of drug-likeness (QED) is 0.358. The van der Waals surface area contributed by atoms with Gasteiger partial charge in [-0.1, -0.05) is 37.3 Å². The van der Waals surface area contributed by atoms with Gasteiger partial charge in [0.1, 0.15) is 0 Å². The predicted octanol–water partition coefficient (Wildman–Crippen LogP) is 1.74. The molecule has 0 atom stereocenters. The number of aromatic nitrogens is 2. The van der Waals surface area contributed by atoms with Crippen molar-refractivity contribution in [2.75, 3.05) is 51.2 Å². The number of likely N-dealkylation sites (N-methyl/N-ethyl adjacent to an activating group) is 2. The van der Waals surface area contributed by atoms with Crippen molar-refractivity contribution in [2.24, 2.45) is 7.05 Å². The maximum absolute atomic E-state index is 13.5. The summed E-state index contributed by atoms with van der Waals surface area (Å²) in [5.41, 5.74) is 5.14. The third-order valence-electron chi connectivity index (χ3n) is 6.71. The van der Waals surface area contributed by atoms with Gasteiger partial charge in [-0.2, -0.15) is 4.68 Å². The molecule has 2 aromatic carbocycles. The third-order valence-corrected chi connectivity index (χ3v) is 6.71. The van der Waals surface area contributed by atoms with Crippen LogP contribution in [0.5, 0.6) is 0 Å². The van der Waals surface area contributed by atoms with Crippen LogP contribution in [0.1, 0.15) is 23.6 Å². The molecule has 10 nitrogen and oxygen atoms in total. The maximum Gasteiger partial charge on any atom is 0.437 e. The van der Waals surface area contributed by atoms with E-state index in [1.807, 2.05) is 44.3 Å². The second-order valence-corrected chi connectivity index (χ2v) is 9.33. The largest absolute Gasteiger partial charge is 0.437 e.